The Hall–Kier alpha value is -5.43. The van der Waals surface area contributed by atoms with Gasteiger partial charge in [0.15, 0.2) is 6.73 Å². The Balaban J connectivity index is 1.50. The van der Waals surface area contributed by atoms with E-state index >= 15 is 0 Å². The maximum atomic E-state index is 14.7. The molecule has 6 aromatic rings. The molecule has 0 radical (unpaired) electrons. The summed E-state index contributed by atoms with van der Waals surface area (Å²) in [4.78, 5) is 32.4. The van der Waals surface area contributed by atoms with Crippen LogP contribution in [0.1, 0.15) is 10.4 Å². The molecule has 7 rings (SSSR count). The van der Waals surface area contributed by atoms with E-state index in [-0.39, 0.29) is 40.7 Å². The zero-order valence-corrected chi connectivity index (χ0v) is 24.5. The number of furan rings is 1. The number of amides is 1. The molecule has 222 valence electrons. The van der Waals surface area contributed by atoms with E-state index in [0.29, 0.717) is 50.2 Å². The number of pyridine rings is 2. The molecular weight excluding hydrogens is 589 g/mol. The molecule has 0 saturated carbocycles. The fraction of sp³-hybridized carbons (Fsp3) is 0.129. The minimum absolute atomic E-state index is 0.169. The monoisotopic (exact) mass is 613 g/mol. The van der Waals surface area contributed by atoms with Crippen LogP contribution in [0.3, 0.4) is 0 Å². The molecule has 0 bridgehead atoms. The molecule has 0 unspecified atom stereocenters. The second-order valence-electron chi connectivity index (χ2n) is 10.4. The number of hydrogen-bond acceptors (Lipinski definition) is 7. The van der Waals surface area contributed by atoms with E-state index < -0.39 is 15.9 Å². The number of H-pyrrole nitrogens is 1. The summed E-state index contributed by atoms with van der Waals surface area (Å²) in [6.07, 6.45) is 2.51. The summed E-state index contributed by atoms with van der Waals surface area (Å²) >= 11 is 0. The number of ether oxygens (including phenoxy) is 1. The van der Waals surface area contributed by atoms with Crippen molar-refractivity contribution < 1.29 is 26.8 Å². The number of carbonyl (C=O) groups excluding carboxylic acids is 1. The number of aromatic amines is 1. The van der Waals surface area contributed by atoms with Crippen LogP contribution in [0.25, 0.3) is 55.8 Å². The van der Waals surface area contributed by atoms with E-state index in [1.165, 1.54) is 44.6 Å². The van der Waals surface area contributed by atoms with Gasteiger partial charge in [0.2, 0.25) is 15.6 Å². The SMILES string of the molecule is CNC(=O)c1c(-c2ccc(=O)[nH]c2)oc2cc(N(C)S(C)(=O)=O)c(-c3ccc4c(n3)-c3cc5c(F)cccc5n3CO4)cc12. The highest BCUT2D eigenvalue weighted by Gasteiger charge is 2.28. The molecule has 5 heterocycles. The van der Waals surface area contributed by atoms with Crippen LogP contribution < -0.4 is 19.9 Å². The number of sulfonamides is 1. The largest absolute Gasteiger partial charge is 0.470 e. The van der Waals surface area contributed by atoms with E-state index in [2.05, 4.69) is 10.3 Å². The van der Waals surface area contributed by atoms with Gasteiger partial charge in [0.05, 0.1) is 34.4 Å². The van der Waals surface area contributed by atoms with Gasteiger partial charge in [-0.2, -0.15) is 0 Å². The average Bonchev–Trinajstić information content (AvgIpc) is 3.59. The summed E-state index contributed by atoms with van der Waals surface area (Å²) in [6, 6.07) is 16.0. The number of halogens is 1. The van der Waals surface area contributed by atoms with Crippen molar-refractivity contribution in [3.05, 3.63) is 88.6 Å². The van der Waals surface area contributed by atoms with Gasteiger partial charge in [0.25, 0.3) is 5.91 Å². The summed E-state index contributed by atoms with van der Waals surface area (Å²) in [5.41, 5.74) is 3.34. The van der Waals surface area contributed by atoms with Gasteiger partial charge in [0.1, 0.15) is 28.6 Å². The van der Waals surface area contributed by atoms with Gasteiger partial charge in [-0.25, -0.2) is 17.8 Å². The Bertz CT molecular complexity index is 2320. The molecular formula is C31H24FN5O6S. The smallest absolute Gasteiger partial charge is 0.255 e. The minimum Gasteiger partial charge on any atom is -0.470 e. The number of benzene rings is 2. The molecule has 2 aromatic carbocycles. The van der Waals surface area contributed by atoms with Gasteiger partial charge >= 0.3 is 0 Å². The van der Waals surface area contributed by atoms with Gasteiger partial charge in [-0.05, 0) is 42.5 Å². The third-order valence-corrected chi connectivity index (χ3v) is 8.95. The minimum atomic E-state index is -3.75. The van der Waals surface area contributed by atoms with Crippen LogP contribution in [0.15, 0.2) is 76.1 Å². The zero-order chi connectivity index (χ0) is 30.9. The number of nitrogens with zero attached hydrogens (tertiary/aromatic N) is 3. The number of carbonyl (C=O) groups is 1. The van der Waals surface area contributed by atoms with Crippen LogP contribution in [-0.2, 0) is 16.8 Å². The first-order valence-corrected chi connectivity index (χ1v) is 15.3. The fourth-order valence-electron chi connectivity index (χ4n) is 5.50. The van der Waals surface area contributed by atoms with E-state index in [1.54, 1.807) is 36.4 Å². The van der Waals surface area contributed by atoms with Gasteiger partial charge in [-0.1, -0.05) is 6.07 Å². The molecule has 44 heavy (non-hydrogen) atoms. The summed E-state index contributed by atoms with van der Waals surface area (Å²) in [5.74, 6) is -0.139. The maximum absolute atomic E-state index is 14.7. The third kappa shape index (κ3) is 4.23. The van der Waals surface area contributed by atoms with Gasteiger partial charge < -0.3 is 24.0 Å². The molecule has 13 heteroatoms. The molecule has 2 N–H and O–H groups in total. The highest BCUT2D eigenvalue weighted by atomic mass is 32.2. The molecule has 0 aliphatic carbocycles. The summed E-state index contributed by atoms with van der Waals surface area (Å²) in [7, 11) is -0.856. The van der Waals surface area contributed by atoms with Crippen LogP contribution in [0, 0.1) is 5.82 Å². The first kappa shape index (κ1) is 27.4. The molecule has 1 aliphatic rings. The van der Waals surface area contributed by atoms with Gasteiger partial charge in [-0.15, -0.1) is 0 Å². The van der Waals surface area contributed by atoms with Crippen molar-refractivity contribution in [1.29, 1.82) is 0 Å². The van der Waals surface area contributed by atoms with Crippen molar-refractivity contribution in [2.45, 2.75) is 6.73 Å². The van der Waals surface area contributed by atoms with Crippen LogP contribution in [0.4, 0.5) is 10.1 Å². The molecule has 1 amide bonds. The molecule has 0 fully saturated rings. The molecule has 11 nitrogen and oxygen atoms in total. The van der Waals surface area contributed by atoms with E-state index in [0.717, 1.165) is 10.6 Å². The zero-order valence-electron chi connectivity index (χ0n) is 23.6. The molecule has 0 spiro atoms. The maximum Gasteiger partial charge on any atom is 0.255 e. The lowest BCUT2D eigenvalue weighted by Crippen LogP contribution is -2.25. The van der Waals surface area contributed by atoms with E-state index in [9.17, 15) is 22.4 Å². The van der Waals surface area contributed by atoms with Crippen molar-refractivity contribution in [2.24, 2.45) is 0 Å². The number of aromatic nitrogens is 3. The highest BCUT2D eigenvalue weighted by molar-refractivity contribution is 7.92. The lowest BCUT2D eigenvalue weighted by atomic mass is 10.0. The quantitative estimate of drug-likeness (QED) is 0.287. The fourth-order valence-corrected chi connectivity index (χ4v) is 6.00. The topological polar surface area (TPSA) is 140 Å². The Morgan fingerprint density at radius 2 is 1.93 bits per heavy atom. The lowest BCUT2D eigenvalue weighted by Gasteiger charge is -2.23. The molecule has 1 aliphatic heterocycles. The Kier molecular flexibility index (Phi) is 6.11. The second-order valence-corrected chi connectivity index (χ2v) is 12.4. The Morgan fingerprint density at radius 1 is 1.11 bits per heavy atom. The van der Waals surface area contributed by atoms with Crippen molar-refractivity contribution in [1.82, 2.24) is 19.9 Å². The van der Waals surface area contributed by atoms with Crippen molar-refractivity contribution in [3.8, 4) is 39.7 Å². The highest BCUT2D eigenvalue weighted by Crippen LogP contribution is 2.43. The summed E-state index contributed by atoms with van der Waals surface area (Å²) < 4.78 is 55.2. The summed E-state index contributed by atoms with van der Waals surface area (Å²) in [6.45, 7) is 0.169. The van der Waals surface area contributed by atoms with Gasteiger partial charge in [-0.3, -0.25) is 13.9 Å². The van der Waals surface area contributed by atoms with Crippen LogP contribution in [0.5, 0.6) is 5.75 Å². The van der Waals surface area contributed by atoms with Crippen molar-refractivity contribution >= 4 is 43.5 Å². The number of fused-ring (bicyclic) bond motifs is 6. The predicted molar refractivity (Wildman–Crippen MR) is 164 cm³/mol. The van der Waals surface area contributed by atoms with Crippen LogP contribution >= 0.6 is 0 Å². The number of anilines is 1. The van der Waals surface area contributed by atoms with Crippen molar-refractivity contribution in [3.63, 3.8) is 0 Å². The Labute approximate surface area is 249 Å². The molecule has 4 aromatic heterocycles. The Morgan fingerprint density at radius 3 is 2.66 bits per heavy atom. The third-order valence-electron chi connectivity index (χ3n) is 7.76. The van der Waals surface area contributed by atoms with E-state index in [4.69, 9.17) is 14.1 Å². The lowest BCUT2D eigenvalue weighted by molar-refractivity contribution is 0.0964. The number of rotatable bonds is 5. The normalized spacial score (nSPS) is 12.5. The first-order valence-electron chi connectivity index (χ1n) is 13.4. The van der Waals surface area contributed by atoms with Crippen LogP contribution in [0.2, 0.25) is 0 Å². The standard InChI is InChI=1S/C31H24FN5O6S/c1-33-31(39)28-19-11-18(23(36(2)44(3,40)41)13-26(19)43-30(28)16-7-10-27(38)34-14-16)21-8-9-25-29(35-21)24-12-17-20(32)5-4-6-22(17)37(24)15-42-25/h4-14H,15H2,1-3H3,(H,33,39)(H,34,38). The molecule has 0 atom stereocenters. The molecule has 0 saturated heterocycles. The second kappa shape index (κ2) is 9.81. The van der Waals surface area contributed by atoms with Gasteiger partial charge in [0, 0.05) is 54.3 Å². The van der Waals surface area contributed by atoms with Crippen molar-refractivity contribution in [2.75, 3.05) is 24.7 Å². The number of hydrogen-bond donors (Lipinski definition) is 2. The summed E-state index contributed by atoms with van der Waals surface area (Å²) in [5, 5.41) is 3.45. The van der Waals surface area contributed by atoms with E-state index in [1.807, 2.05) is 4.57 Å². The predicted octanol–water partition coefficient (Wildman–Crippen LogP) is 4.72. The first-order chi connectivity index (χ1) is 21.0. The number of nitrogens with one attached hydrogen (secondary N) is 2. The average molecular weight is 614 g/mol. The van der Waals surface area contributed by atoms with Crippen LogP contribution in [-0.4, -0.2) is 49.2 Å².